The second kappa shape index (κ2) is 6.55. The summed E-state index contributed by atoms with van der Waals surface area (Å²) in [7, 11) is 2.01. The van der Waals surface area contributed by atoms with Crippen molar-refractivity contribution in [3.63, 3.8) is 0 Å². The minimum absolute atomic E-state index is 0.134. The predicted octanol–water partition coefficient (Wildman–Crippen LogP) is 2.30. The normalized spacial score (nSPS) is 24.4. The predicted molar refractivity (Wildman–Crippen MR) is 101 cm³/mol. The lowest BCUT2D eigenvalue weighted by Crippen LogP contribution is -2.64. The lowest BCUT2D eigenvalue weighted by molar-refractivity contribution is -0.130. The minimum atomic E-state index is -0.138. The van der Waals surface area contributed by atoms with E-state index in [1.807, 2.05) is 51.2 Å². The van der Waals surface area contributed by atoms with Crippen LogP contribution in [0.4, 0.5) is 5.69 Å². The molecule has 25 heavy (non-hydrogen) atoms. The van der Waals surface area contributed by atoms with E-state index in [4.69, 9.17) is 0 Å². The summed E-state index contributed by atoms with van der Waals surface area (Å²) in [5.41, 5.74) is 0.840. The summed E-state index contributed by atoms with van der Waals surface area (Å²) < 4.78 is 0. The molecule has 2 aromatic rings. The molecule has 2 aliphatic rings. The van der Waals surface area contributed by atoms with Crippen molar-refractivity contribution in [2.45, 2.75) is 18.4 Å². The van der Waals surface area contributed by atoms with Crippen LogP contribution in [-0.2, 0) is 16.0 Å². The van der Waals surface area contributed by atoms with E-state index >= 15 is 0 Å². The van der Waals surface area contributed by atoms with Crippen molar-refractivity contribution >= 4 is 40.2 Å². The molecular weight excluding hydrogens is 354 g/mol. The fourth-order valence-corrected chi connectivity index (χ4v) is 5.13. The van der Waals surface area contributed by atoms with E-state index in [1.54, 1.807) is 22.7 Å². The Balaban J connectivity index is 1.49. The minimum Gasteiger partial charge on any atom is -0.340 e. The van der Waals surface area contributed by atoms with Crippen LogP contribution in [0.5, 0.6) is 0 Å². The molecule has 0 saturated carbocycles. The van der Waals surface area contributed by atoms with Gasteiger partial charge >= 0.3 is 0 Å². The molecule has 132 valence electrons. The molecule has 2 amide bonds. The molecule has 2 saturated heterocycles. The van der Waals surface area contributed by atoms with Crippen LogP contribution in [-0.4, -0.2) is 60.4 Å². The highest BCUT2D eigenvalue weighted by Crippen LogP contribution is 2.34. The third-order valence-corrected chi connectivity index (χ3v) is 6.89. The van der Waals surface area contributed by atoms with Gasteiger partial charge in [0, 0.05) is 29.9 Å². The van der Waals surface area contributed by atoms with Gasteiger partial charge in [-0.15, -0.1) is 11.3 Å². The molecule has 2 aliphatic heterocycles. The van der Waals surface area contributed by atoms with Gasteiger partial charge in [0.1, 0.15) is 0 Å². The molecule has 2 fully saturated rings. The lowest BCUT2D eigenvalue weighted by Gasteiger charge is -2.46. The molecule has 7 heteroatoms. The van der Waals surface area contributed by atoms with E-state index in [1.165, 1.54) is 0 Å². The number of amides is 2. The van der Waals surface area contributed by atoms with E-state index in [9.17, 15) is 9.59 Å². The smallest absolute Gasteiger partial charge is 0.241 e. The number of piperazine rings is 1. The second-order valence-electron chi connectivity index (χ2n) is 6.86. The van der Waals surface area contributed by atoms with Crippen molar-refractivity contribution in [2.75, 3.05) is 38.1 Å². The van der Waals surface area contributed by atoms with Gasteiger partial charge in [0.2, 0.25) is 11.8 Å². The maximum Gasteiger partial charge on any atom is 0.241 e. The summed E-state index contributed by atoms with van der Waals surface area (Å²) in [5, 5.41) is 6.03. The van der Waals surface area contributed by atoms with Gasteiger partial charge in [0.25, 0.3) is 0 Å². The number of nitrogens with zero attached hydrogens (tertiary/aromatic N) is 3. The average molecular weight is 376 g/mol. The number of anilines is 1. The van der Waals surface area contributed by atoms with Gasteiger partial charge in [-0.05, 0) is 36.4 Å². The van der Waals surface area contributed by atoms with Gasteiger partial charge in [0.05, 0.1) is 24.2 Å². The molecule has 0 aromatic carbocycles. The Morgan fingerprint density at radius 3 is 2.88 bits per heavy atom. The largest absolute Gasteiger partial charge is 0.340 e. The Bertz CT molecular complexity index is 759. The van der Waals surface area contributed by atoms with Crippen molar-refractivity contribution < 1.29 is 9.59 Å². The van der Waals surface area contributed by atoms with Gasteiger partial charge in [-0.25, -0.2) is 0 Å². The summed E-state index contributed by atoms with van der Waals surface area (Å²) in [6.07, 6.45) is 1.39. The van der Waals surface area contributed by atoms with Crippen LogP contribution in [0.2, 0.25) is 0 Å². The lowest BCUT2D eigenvalue weighted by atomic mass is 9.93. The third-order valence-electron chi connectivity index (χ3n) is 5.34. The van der Waals surface area contributed by atoms with Gasteiger partial charge in [-0.2, -0.15) is 11.3 Å². The summed E-state index contributed by atoms with van der Waals surface area (Å²) in [5.74, 6) is 0.321. The van der Waals surface area contributed by atoms with E-state index < -0.39 is 0 Å². The first-order valence-corrected chi connectivity index (χ1v) is 10.2. The fourth-order valence-electron chi connectivity index (χ4n) is 3.79. The number of hydrogen-bond acceptors (Lipinski definition) is 5. The number of rotatable bonds is 3. The zero-order chi connectivity index (χ0) is 17.4. The maximum atomic E-state index is 12.7. The van der Waals surface area contributed by atoms with Gasteiger partial charge in [-0.3, -0.25) is 14.5 Å². The standard InChI is InChI=1S/C18H21N3O2S2/c1-19-10-17(23)21(14-4-8-24-11-14)13-18(19)5-6-20(12-18)16(22)9-15-3-2-7-25-15/h2-4,7-8,11H,5-6,9-10,12-13H2,1H3/t18-/m0/s1. The highest BCUT2D eigenvalue weighted by molar-refractivity contribution is 7.10. The van der Waals surface area contributed by atoms with Gasteiger partial charge in [0.15, 0.2) is 0 Å². The number of carbonyl (C=O) groups excluding carboxylic acids is 2. The second-order valence-corrected chi connectivity index (χ2v) is 8.68. The molecule has 2 aromatic heterocycles. The quantitative estimate of drug-likeness (QED) is 0.827. The van der Waals surface area contributed by atoms with Crippen LogP contribution >= 0.6 is 22.7 Å². The number of thiophene rings is 2. The summed E-state index contributed by atoms with van der Waals surface area (Å²) in [6.45, 7) is 2.52. The molecule has 0 unspecified atom stereocenters. The van der Waals surface area contributed by atoms with Crippen molar-refractivity contribution in [3.05, 3.63) is 39.2 Å². The molecule has 1 atom stereocenters. The number of likely N-dealkylation sites (tertiary alicyclic amines) is 1. The number of hydrogen-bond donors (Lipinski definition) is 0. The Labute approximate surface area is 155 Å². The van der Waals surface area contributed by atoms with Crippen molar-refractivity contribution in [2.24, 2.45) is 0 Å². The Morgan fingerprint density at radius 2 is 2.16 bits per heavy atom. The molecule has 5 nitrogen and oxygen atoms in total. The van der Waals surface area contributed by atoms with Crippen LogP contribution in [0.25, 0.3) is 0 Å². The molecule has 0 N–H and O–H groups in total. The van der Waals surface area contributed by atoms with Crippen LogP contribution in [0.1, 0.15) is 11.3 Å². The van der Waals surface area contributed by atoms with Crippen LogP contribution < -0.4 is 4.90 Å². The van der Waals surface area contributed by atoms with E-state index in [0.29, 0.717) is 26.1 Å². The molecule has 0 radical (unpaired) electrons. The summed E-state index contributed by atoms with van der Waals surface area (Å²) >= 11 is 3.23. The Morgan fingerprint density at radius 1 is 1.28 bits per heavy atom. The third kappa shape index (κ3) is 3.12. The zero-order valence-electron chi connectivity index (χ0n) is 14.2. The number of carbonyl (C=O) groups is 2. The first-order chi connectivity index (χ1) is 12.1. The summed E-state index contributed by atoms with van der Waals surface area (Å²) in [6, 6.07) is 5.99. The van der Waals surface area contributed by atoms with Crippen LogP contribution in [0, 0.1) is 0 Å². The SMILES string of the molecule is CN1CC(=O)N(c2ccsc2)C[C@@]12CCN(C(=O)Cc1cccs1)C2. The van der Waals surface area contributed by atoms with Crippen molar-refractivity contribution in [3.8, 4) is 0 Å². The van der Waals surface area contributed by atoms with E-state index in [0.717, 1.165) is 23.5 Å². The Kier molecular flexibility index (Phi) is 4.39. The van der Waals surface area contributed by atoms with Crippen molar-refractivity contribution in [1.82, 2.24) is 9.80 Å². The van der Waals surface area contributed by atoms with E-state index in [-0.39, 0.29) is 17.4 Å². The first-order valence-electron chi connectivity index (χ1n) is 8.41. The number of likely N-dealkylation sites (N-methyl/N-ethyl adjacent to an activating group) is 1. The highest BCUT2D eigenvalue weighted by Gasteiger charge is 2.48. The molecular formula is C18H21N3O2S2. The van der Waals surface area contributed by atoms with Gasteiger partial charge in [-0.1, -0.05) is 6.07 Å². The molecule has 1 spiro atoms. The fraction of sp³-hybridized carbons (Fsp3) is 0.444. The monoisotopic (exact) mass is 375 g/mol. The van der Waals surface area contributed by atoms with Crippen LogP contribution in [0.3, 0.4) is 0 Å². The summed E-state index contributed by atoms with van der Waals surface area (Å²) in [4.78, 5) is 32.3. The van der Waals surface area contributed by atoms with Gasteiger partial charge < -0.3 is 9.80 Å². The average Bonchev–Trinajstić information content (AvgIpc) is 3.33. The van der Waals surface area contributed by atoms with Crippen molar-refractivity contribution in [1.29, 1.82) is 0 Å². The molecule has 4 rings (SSSR count). The molecule has 0 aliphatic carbocycles. The van der Waals surface area contributed by atoms with E-state index in [2.05, 4.69) is 4.90 Å². The zero-order valence-corrected chi connectivity index (χ0v) is 15.8. The maximum absolute atomic E-state index is 12.7. The van der Waals surface area contributed by atoms with Crippen LogP contribution in [0.15, 0.2) is 34.3 Å². The highest BCUT2D eigenvalue weighted by atomic mass is 32.1. The molecule has 0 bridgehead atoms. The first kappa shape index (κ1) is 16.8. The Hall–Kier alpha value is -1.70. The molecule has 4 heterocycles. The topological polar surface area (TPSA) is 43.9 Å².